The Kier molecular flexibility index (Phi) is 5.56. The number of imide groups is 1. The number of ether oxygens (including phenoxy) is 2. The Bertz CT molecular complexity index is 1170. The normalized spacial score (nSPS) is 27.4. The number of fused-ring (bicyclic) bond motifs is 2. The molecule has 3 heterocycles. The van der Waals surface area contributed by atoms with E-state index in [1.54, 1.807) is 62.6 Å². The zero-order valence-electron chi connectivity index (χ0n) is 18.4. The van der Waals surface area contributed by atoms with Crippen LogP contribution in [0.15, 0.2) is 48.5 Å². The second-order valence-corrected chi connectivity index (χ2v) is 10.4. The van der Waals surface area contributed by atoms with Crippen LogP contribution in [0.3, 0.4) is 0 Å². The fraction of sp³-hybridized carbons (Fsp3) is 0.333. The zero-order valence-corrected chi connectivity index (χ0v) is 20.0. The summed E-state index contributed by atoms with van der Waals surface area (Å²) < 4.78 is 9.83. The van der Waals surface area contributed by atoms with Crippen molar-refractivity contribution in [2.24, 2.45) is 0 Å². The molecule has 176 valence electrons. The van der Waals surface area contributed by atoms with E-state index in [9.17, 15) is 19.2 Å². The van der Waals surface area contributed by atoms with Crippen molar-refractivity contribution in [1.82, 2.24) is 9.80 Å². The van der Waals surface area contributed by atoms with Gasteiger partial charge in [0.05, 0.1) is 23.0 Å². The Morgan fingerprint density at radius 1 is 1.06 bits per heavy atom. The molecule has 0 N–H and O–H groups in total. The monoisotopic (exact) mass is 500 g/mol. The average Bonchev–Trinajstić information content (AvgIpc) is 3.28. The van der Waals surface area contributed by atoms with Gasteiger partial charge in [0.25, 0.3) is 17.7 Å². The van der Waals surface area contributed by atoms with Crippen molar-refractivity contribution in [3.8, 4) is 5.75 Å². The minimum Gasteiger partial charge on any atom is -0.497 e. The molecule has 5 rings (SSSR count). The molecule has 0 aliphatic carbocycles. The van der Waals surface area contributed by atoms with Crippen molar-refractivity contribution >= 4 is 47.1 Å². The van der Waals surface area contributed by atoms with Gasteiger partial charge in [0.2, 0.25) is 0 Å². The highest BCUT2D eigenvalue weighted by Crippen LogP contribution is 2.53. The van der Waals surface area contributed by atoms with Crippen LogP contribution in [0.4, 0.5) is 0 Å². The summed E-state index contributed by atoms with van der Waals surface area (Å²) in [7, 11) is 1.56. The van der Waals surface area contributed by atoms with Crippen LogP contribution in [0.5, 0.6) is 5.75 Å². The number of alkyl halides is 1. The number of esters is 1. The summed E-state index contributed by atoms with van der Waals surface area (Å²) in [6, 6.07) is 11.7. The summed E-state index contributed by atoms with van der Waals surface area (Å²) in [5, 5.41) is -0.572. The van der Waals surface area contributed by atoms with Crippen molar-refractivity contribution in [3.05, 3.63) is 65.2 Å². The molecule has 3 amide bonds. The average molecular weight is 501 g/mol. The largest absolute Gasteiger partial charge is 0.497 e. The highest BCUT2D eigenvalue weighted by Gasteiger charge is 2.68. The van der Waals surface area contributed by atoms with E-state index in [4.69, 9.17) is 21.1 Å². The highest BCUT2D eigenvalue weighted by atomic mass is 35.5. The van der Waals surface area contributed by atoms with Crippen molar-refractivity contribution in [1.29, 1.82) is 0 Å². The van der Waals surface area contributed by atoms with Gasteiger partial charge >= 0.3 is 5.97 Å². The molecule has 10 heteroatoms. The van der Waals surface area contributed by atoms with E-state index >= 15 is 0 Å². The Labute approximate surface area is 205 Å². The smallest absolute Gasteiger partial charge is 0.330 e. The summed E-state index contributed by atoms with van der Waals surface area (Å²) >= 11 is 7.57. The van der Waals surface area contributed by atoms with Crippen molar-refractivity contribution in [2.75, 3.05) is 13.0 Å². The lowest BCUT2D eigenvalue weighted by molar-refractivity contribution is -0.166. The lowest BCUT2D eigenvalue weighted by Gasteiger charge is -2.46. The highest BCUT2D eigenvalue weighted by molar-refractivity contribution is 8.01. The minimum absolute atomic E-state index is 0.0247. The first kappa shape index (κ1) is 22.7. The molecular weight excluding hydrogens is 480 g/mol. The van der Waals surface area contributed by atoms with Crippen LogP contribution >= 0.6 is 23.4 Å². The van der Waals surface area contributed by atoms with Gasteiger partial charge in [0, 0.05) is 5.88 Å². The summed E-state index contributed by atoms with van der Waals surface area (Å²) in [6.45, 7) is 1.81. The third-order valence-corrected chi connectivity index (χ3v) is 8.78. The second kappa shape index (κ2) is 8.32. The lowest BCUT2D eigenvalue weighted by atomic mass is 9.95. The van der Waals surface area contributed by atoms with Gasteiger partial charge in [-0.25, -0.2) is 4.79 Å². The number of carbonyl (C=O) groups is 4. The molecule has 0 radical (unpaired) electrons. The number of methoxy groups -OCH3 is 1. The maximum absolute atomic E-state index is 13.2. The quantitative estimate of drug-likeness (QED) is 0.260. The number of halogens is 1. The molecule has 4 atom stereocenters. The number of hydrogen-bond acceptors (Lipinski definition) is 7. The third kappa shape index (κ3) is 3.29. The number of rotatable bonds is 6. The van der Waals surface area contributed by atoms with Crippen LogP contribution in [0.2, 0.25) is 0 Å². The van der Waals surface area contributed by atoms with Gasteiger partial charge < -0.3 is 14.4 Å². The Hall–Kier alpha value is -3.04. The SMILES string of the molecule is COc1ccc(COC(=O)C2N3C(=O)C(N4C(=O)c5ccccc5C4=O)[C@@H]3S[C@@]2(C)CCl)cc1. The van der Waals surface area contributed by atoms with E-state index in [0.717, 1.165) is 10.5 Å². The van der Waals surface area contributed by atoms with Crippen LogP contribution in [-0.2, 0) is 20.9 Å². The molecule has 8 nitrogen and oxygen atoms in total. The molecule has 0 aromatic heterocycles. The zero-order chi connectivity index (χ0) is 24.2. The van der Waals surface area contributed by atoms with E-state index < -0.39 is 45.9 Å². The van der Waals surface area contributed by atoms with Crippen LogP contribution < -0.4 is 4.74 Å². The molecule has 2 aromatic carbocycles. The topological polar surface area (TPSA) is 93.2 Å². The standard InChI is InChI=1S/C24H21ClN2O6S/c1-24(12-25)18(23(31)33-11-13-7-9-14(32-2)10-8-13)27-21(30)17(22(27)34-24)26-19(28)15-5-3-4-6-16(15)20(26)29/h3-10,17-18,22H,11-12H2,1-2H3/t17?,18?,22-,24-/m0/s1. The molecule has 0 saturated carbocycles. The van der Waals surface area contributed by atoms with Crippen LogP contribution in [-0.4, -0.2) is 68.7 Å². The van der Waals surface area contributed by atoms with Gasteiger partial charge in [0.15, 0.2) is 0 Å². The number of benzene rings is 2. The fourth-order valence-corrected chi connectivity index (χ4v) is 6.62. The first-order valence-electron chi connectivity index (χ1n) is 10.6. The maximum atomic E-state index is 13.2. The van der Waals surface area contributed by atoms with Gasteiger partial charge in [-0.15, -0.1) is 23.4 Å². The van der Waals surface area contributed by atoms with E-state index in [2.05, 4.69) is 0 Å². The summed E-state index contributed by atoms with van der Waals surface area (Å²) in [5.41, 5.74) is 1.32. The van der Waals surface area contributed by atoms with E-state index in [-0.39, 0.29) is 23.6 Å². The van der Waals surface area contributed by atoms with E-state index in [1.165, 1.54) is 16.7 Å². The molecule has 34 heavy (non-hydrogen) atoms. The molecule has 3 aliphatic rings. The Morgan fingerprint density at radius 3 is 2.24 bits per heavy atom. The predicted molar refractivity (Wildman–Crippen MR) is 125 cm³/mol. The Morgan fingerprint density at radius 2 is 1.68 bits per heavy atom. The third-order valence-electron chi connectivity index (χ3n) is 6.43. The number of hydrogen-bond donors (Lipinski definition) is 0. The second-order valence-electron chi connectivity index (χ2n) is 8.53. The first-order valence-corrected chi connectivity index (χ1v) is 12.0. The van der Waals surface area contributed by atoms with Crippen LogP contribution in [0.25, 0.3) is 0 Å². The fourth-order valence-electron chi connectivity index (χ4n) is 4.62. The van der Waals surface area contributed by atoms with E-state index in [1.807, 2.05) is 0 Å². The number of carbonyl (C=O) groups excluding carboxylic acids is 4. The molecule has 0 bridgehead atoms. The van der Waals surface area contributed by atoms with Crippen LogP contribution in [0, 0.1) is 0 Å². The Balaban J connectivity index is 1.35. The number of thioether (sulfide) groups is 1. The summed E-state index contributed by atoms with van der Waals surface area (Å²) in [5.74, 6) is -1.29. The van der Waals surface area contributed by atoms with Gasteiger partial charge in [-0.2, -0.15) is 0 Å². The molecule has 2 saturated heterocycles. The number of β-lactam (4-membered cyclic amide) rings is 1. The lowest BCUT2D eigenvalue weighted by Crippen LogP contribution is -2.71. The van der Waals surface area contributed by atoms with Gasteiger partial charge in [-0.3, -0.25) is 19.3 Å². The molecular formula is C24H21ClN2O6S. The van der Waals surface area contributed by atoms with E-state index in [0.29, 0.717) is 5.75 Å². The van der Waals surface area contributed by atoms with Crippen molar-refractivity contribution < 1.29 is 28.7 Å². The minimum atomic E-state index is -0.987. The molecule has 3 aliphatic heterocycles. The van der Waals surface area contributed by atoms with Gasteiger partial charge in [-0.05, 0) is 36.8 Å². The molecule has 2 fully saturated rings. The van der Waals surface area contributed by atoms with Crippen molar-refractivity contribution in [2.45, 2.75) is 35.7 Å². The predicted octanol–water partition coefficient (Wildman–Crippen LogP) is 2.68. The number of nitrogens with zero attached hydrogens (tertiary/aromatic N) is 2. The molecule has 2 aromatic rings. The molecule has 2 unspecified atom stereocenters. The van der Waals surface area contributed by atoms with Crippen LogP contribution in [0.1, 0.15) is 33.2 Å². The summed E-state index contributed by atoms with van der Waals surface area (Å²) in [6.07, 6.45) is 0. The maximum Gasteiger partial charge on any atom is 0.330 e. The molecule has 0 spiro atoms. The van der Waals surface area contributed by atoms with Gasteiger partial charge in [-0.1, -0.05) is 24.3 Å². The van der Waals surface area contributed by atoms with Gasteiger partial charge in [0.1, 0.15) is 29.8 Å². The first-order chi connectivity index (χ1) is 16.3. The number of amides is 3. The van der Waals surface area contributed by atoms with Crippen molar-refractivity contribution in [3.63, 3.8) is 0 Å². The summed E-state index contributed by atoms with van der Waals surface area (Å²) in [4.78, 5) is 54.6.